The molecule has 0 spiro atoms. The maximum Gasteiger partial charge on any atom is 0.353 e. The second kappa shape index (κ2) is 7.29. The molecule has 0 saturated heterocycles. The van der Waals surface area contributed by atoms with Crippen molar-refractivity contribution >= 4 is 51.9 Å². The van der Waals surface area contributed by atoms with Crippen LogP contribution in [0.1, 0.15) is 0 Å². The number of anilines is 4. The van der Waals surface area contributed by atoms with E-state index in [-0.39, 0.29) is 17.3 Å². The van der Waals surface area contributed by atoms with Gasteiger partial charge in [-0.2, -0.15) is 0 Å². The predicted octanol–water partition coefficient (Wildman–Crippen LogP) is 4.57. The first kappa shape index (κ1) is 16.9. The molecule has 0 fully saturated rings. The number of benzene rings is 1. The van der Waals surface area contributed by atoms with Crippen LogP contribution in [0.4, 0.5) is 28.7 Å². The Bertz CT molecular complexity index is 923. The SMILES string of the molecule is O=[N+]([O-])c1c(Nc2cccnc2)ncnc1Nc1ccc(Cl)cc1Cl. The molecule has 2 heterocycles. The lowest BCUT2D eigenvalue weighted by atomic mass is 10.3. The molecule has 25 heavy (non-hydrogen) atoms. The van der Waals surface area contributed by atoms with Crippen molar-refractivity contribution in [1.29, 1.82) is 0 Å². The average molecular weight is 377 g/mol. The normalized spacial score (nSPS) is 10.3. The number of pyridine rings is 1. The Hall–Kier alpha value is -2.97. The van der Waals surface area contributed by atoms with Gasteiger partial charge in [0.25, 0.3) is 0 Å². The Balaban J connectivity index is 1.99. The summed E-state index contributed by atoms with van der Waals surface area (Å²) in [5, 5.41) is 18.0. The molecule has 0 aliphatic carbocycles. The third kappa shape index (κ3) is 3.93. The van der Waals surface area contributed by atoms with Crippen molar-refractivity contribution in [3.05, 3.63) is 69.2 Å². The third-order valence-electron chi connectivity index (χ3n) is 3.11. The molecule has 0 saturated carbocycles. The highest BCUT2D eigenvalue weighted by Crippen LogP contribution is 2.35. The van der Waals surface area contributed by atoms with Crippen LogP contribution in [-0.4, -0.2) is 19.9 Å². The summed E-state index contributed by atoms with van der Waals surface area (Å²) in [6, 6.07) is 8.14. The van der Waals surface area contributed by atoms with Crippen molar-refractivity contribution < 1.29 is 4.92 Å². The number of hydrogen-bond acceptors (Lipinski definition) is 7. The highest BCUT2D eigenvalue weighted by atomic mass is 35.5. The van der Waals surface area contributed by atoms with E-state index in [0.29, 0.717) is 21.4 Å². The largest absolute Gasteiger partial charge is 0.353 e. The predicted molar refractivity (Wildman–Crippen MR) is 96.0 cm³/mol. The highest BCUT2D eigenvalue weighted by Gasteiger charge is 2.23. The zero-order valence-corrected chi connectivity index (χ0v) is 14.0. The van der Waals surface area contributed by atoms with E-state index >= 15 is 0 Å². The molecule has 10 heteroatoms. The minimum Gasteiger partial charge on any atom is -0.333 e. The maximum atomic E-state index is 11.5. The summed E-state index contributed by atoms with van der Waals surface area (Å²) in [5.41, 5.74) is 0.664. The van der Waals surface area contributed by atoms with Crippen LogP contribution in [0.3, 0.4) is 0 Å². The van der Waals surface area contributed by atoms with Gasteiger partial charge in [0.1, 0.15) is 6.33 Å². The van der Waals surface area contributed by atoms with E-state index < -0.39 is 4.92 Å². The summed E-state index contributed by atoms with van der Waals surface area (Å²) in [4.78, 5) is 22.8. The fourth-order valence-electron chi connectivity index (χ4n) is 2.03. The number of halogens is 2. The third-order valence-corrected chi connectivity index (χ3v) is 3.66. The molecule has 0 unspecified atom stereocenters. The van der Waals surface area contributed by atoms with E-state index in [2.05, 4.69) is 25.6 Å². The summed E-state index contributed by atoms with van der Waals surface area (Å²) in [7, 11) is 0. The van der Waals surface area contributed by atoms with Crippen LogP contribution in [-0.2, 0) is 0 Å². The number of hydrogen-bond donors (Lipinski definition) is 2. The van der Waals surface area contributed by atoms with Crippen LogP contribution in [0.5, 0.6) is 0 Å². The van der Waals surface area contributed by atoms with E-state index in [1.54, 1.807) is 30.5 Å². The van der Waals surface area contributed by atoms with Crippen LogP contribution in [0.15, 0.2) is 49.1 Å². The average Bonchev–Trinajstić information content (AvgIpc) is 2.58. The standard InChI is InChI=1S/C15H10Cl2N6O2/c16-9-3-4-12(11(17)6-9)22-15-13(23(24)25)14(19-8-20-15)21-10-2-1-5-18-7-10/h1-8H,(H2,19,20,21,22). The first-order valence-corrected chi connectivity index (χ1v) is 7.68. The summed E-state index contributed by atoms with van der Waals surface area (Å²) in [5.74, 6) is 0.0243. The summed E-state index contributed by atoms with van der Waals surface area (Å²) < 4.78 is 0. The molecular formula is C15H10Cl2N6O2. The van der Waals surface area contributed by atoms with Gasteiger partial charge < -0.3 is 10.6 Å². The van der Waals surface area contributed by atoms with Gasteiger partial charge in [-0.1, -0.05) is 23.2 Å². The minimum atomic E-state index is -0.579. The summed E-state index contributed by atoms with van der Waals surface area (Å²) >= 11 is 12.0. The molecule has 2 aromatic heterocycles. The van der Waals surface area contributed by atoms with E-state index in [9.17, 15) is 10.1 Å². The molecule has 3 rings (SSSR count). The fraction of sp³-hybridized carbons (Fsp3) is 0. The Morgan fingerprint density at radius 1 is 1.08 bits per heavy atom. The topological polar surface area (TPSA) is 106 Å². The maximum absolute atomic E-state index is 11.5. The first-order valence-electron chi connectivity index (χ1n) is 6.93. The van der Waals surface area contributed by atoms with Crippen molar-refractivity contribution in [3.63, 3.8) is 0 Å². The molecule has 1 aromatic carbocycles. The number of rotatable bonds is 5. The number of nitrogens with zero attached hydrogens (tertiary/aromatic N) is 4. The van der Waals surface area contributed by atoms with Gasteiger partial charge in [-0.15, -0.1) is 0 Å². The van der Waals surface area contributed by atoms with Gasteiger partial charge in [-0.3, -0.25) is 15.1 Å². The van der Waals surface area contributed by atoms with Crippen molar-refractivity contribution in [2.24, 2.45) is 0 Å². The van der Waals surface area contributed by atoms with Gasteiger partial charge in [-0.05, 0) is 30.3 Å². The summed E-state index contributed by atoms with van der Waals surface area (Å²) in [6.45, 7) is 0. The molecular weight excluding hydrogens is 367 g/mol. The Morgan fingerprint density at radius 2 is 1.84 bits per heavy atom. The van der Waals surface area contributed by atoms with Crippen LogP contribution in [0, 0.1) is 10.1 Å². The molecule has 0 aliphatic rings. The molecule has 0 aliphatic heterocycles. The van der Waals surface area contributed by atoms with Gasteiger partial charge >= 0.3 is 5.69 Å². The zero-order chi connectivity index (χ0) is 17.8. The first-order chi connectivity index (χ1) is 12.0. The van der Waals surface area contributed by atoms with Crippen LogP contribution in [0.25, 0.3) is 0 Å². The Kier molecular flexibility index (Phi) is 4.92. The lowest BCUT2D eigenvalue weighted by Gasteiger charge is -2.11. The molecule has 126 valence electrons. The lowest BCUT2D eigenvalue weighted by molar-refractivity contribution is -0.383. The highest BCUT2D eigenvalue weighted by molar-refractivity contribution is 6.36. The van der Waals surface area contributed by atoms with Crippen LogP contribution >= 0.6 is 23.2 Å². The number of nitro groups is 1. The van der Waals surface area contributed by atoms with Gasteiger partial charge in [0.15, 0.2) is 0 Å². The fourth-order valence-corrected chi connectivity index (χ4v) is 2.48. The molecule has 0 bridgehead atoms. The zero-order valence-electron chi connectivity index (χ0n) is 12.5. The lowest BCUT2D eigenvalue weighted by Crippen LogP contribution is -2.05. The van der Waals surface area contributed by atoms with Gasteiger partial charge in [0.2, 0.25) is 11.6 Å². The van der Waals surface area contributed by atoms with E-state index in [1.807, 2.05) is 0 Å². The van der Waals surface area contributed by atoms with Crippen LogP contribution in [0.2, 0.25) is 10.0 Å². The molecule has 0 radical (unpaired) electrons. The van der Waals surface area contributed by atoms with Crippen molar-refractivity contribution in [1.82, 2.24) is 15.0 Å². The van der Waals surface area contributed by atoms with E-state index in [0.717, 1.165) is 0 Å². The van der Waals surface area contributed by atoms with E-state index in [4.69, 9.17) is 23.2 Å². The molecule has 2 N–H and O–H groups in total. The van der Waals surface area contributed by atoms with Crippen molar-refractivity contribution in [2.45, 2.75) is 0 Å². The number of nitrogens with one attached hydrogen (secondary N) is 2. The van der Waals surface area contributed by atoms with Gasteiger partial charge in [0, 0.05) is 11.2 Å². The second-order valence-electron chi connectivity index (χ2n) is 4.79. The minimum absolute atomic E-state index is 0.00406. The quantitative estimate of drug-likeness (QED) is 0.495. The van der Waals surface area contributed by atoms with Gasteiger partial charge in [-0.25, -0.2) is 9.97 Å². The van der Waals surface area contributed by atoms with Crippen molar-refractivity contribution in [3.8, 4) is 0 Å². The molecule has 8 nitrogen and oxygen atoms in total. The van der Waals surface area contributed by atoms with Gasteiger partial charge in [0.05, 0.1) is 27.5 Å². The Labute approximate surface area is 152 Å². The Morgan fingerprint density at radius 3 is 2.48 bits per heavy atom. The smallest absolute Gasteiger partial charge is 0.333 e. The molecule has 0 amide bonds. The number of aromatic nitrogens is 3. The summed E-state index contributed by atoms with van der Waals surface area (Å²) in [6.07, 6.45) is 4.32. The molecule has 3 aromatic rings. The van der Waals surface area contributed by atoms with Crippen LogP contribution < -0.4 is 10.6 Å². The second-order valence-corrected chi connectivity index (χ2v) is 5.64. The van der Waals surface area contributed by atoms with Crippen molar-refractivity contribution in [2.75, 3.05) is 10.6 Å². The van der Waals surface area contributed by atoms with E-state index in [1.165, 1.54) is 18.6 Å². The monoisotopic (exact) mass is 376 g/mol. The molecule has 0 atom stereocenters.